The van der Waals surface area contributed by atoms with Crippen LogP contribution in [0.3, 0.4) is 0 Å². The minimum absolute atomic E-state index is 0.244. The van der Waals surface area contributed by atoms with E-state index in [1.54, 1.807) is 6.07 Å². The minimum Gasteiger partial charge on any atom is -0.388 e. The van der Waals surface area contributed by atoms with E-state index in [1.807, 2.05) is 4.90 Å². The van der Waals surface area contributed by atoms with Crippen LogP contribution in [0.15, 0.2) is 30.3 Å². The van der Waals surface area contributed by atoms with E-state index in [2.05, 4.69) is 5.32 Å². The van der Waals surface area contributed by atoms with E-state index in [9.17, 15) is 19.5 Å². The quantitative estimate of drug-likeness (QED) is 0.538. The standard InChI is InChI=1S/C23H15Cl4N3O4/c24-8-1-9(25)3-11(2-8)29-19(31)16-14-6-22(34)7-15(22)30(14)23(17(16)20(29)32)12-4-10(26)5-13(27)18(12)28-21(23)33/h1-5,14-17,34H,6-7H2,(H,28,33)/t14?,15?,16?,17?,22-,23?/m0/s1. The first-order chi connectivity index (χ1) is 16.1. The van der Waals surface area contributed by atoms with Crippen LogP contribution in [0.5, 0.6) is 0 Å². The number of amides is 3. The van der Waals surface area contributed by atoms with Gasteiger partial charge < -0.3 is 10.4 Å². The van der Waals surface area contributed by atoms with Crippen molar-refractivity contribution in [1.29, 1.82) is 0 Å². The molecule has 7 nitrogen and oxygen atoms in total. The molecule has 1 saturated carbocycles. The molecule has 2 aromatic rings. The molecule has 5 aliphatic rings. The van der Waals surface area contributed by atoms with E-state index in [1.165, 1.54) is 24.3 Å². The van der Waals surface area contributed by atoms with Crippen molar-refractivity contribution in [3.05, 3.63) is 56.0 Å². The molecule has 174 valence electrons. The third kappa shape index (κ3) is 2.36. The number of nitrogens with one attached hydrogen (secondary N) is 1. The summed E-state index contributed by atoms with van der Waals surface area (Å²) in [4.78, 5) is 44.6. The second-order valence-corrected chi connectivity index (χ2v) is 11.4. The molecule has 3 amide bonds. The van der Waals surface area contributed by atoms with Crippen molar-refractivity contribution in [2.75, 3.05) is 10.2 Å². The highest BCUT2D eigenvalue weighted by Gasteiger charge is 2.82. The Hall–Kier alpha value is -1.87. The van der Waals surface area contributed by atoms with Gasteiger partial charge in [-0.25, -0.2) is 4.90 Å². The SMILES string of the molecule is O=C1C2C3C[C@]4(O)CC4N3C3(C(=O)Nc4c(Cl)cc(Cl)cc43)C2C(=O)N1c1cc(Cl)cc(Cl)c1. The lowest BCUT2D eigenvalue weighted by molar-refractivity contribution is -0.136. The molecule has 3 saturated heterocycles. The van der Waals surface area contributed by atoms with Crippen molar-refractivity contribution >= 4 is 75.5 Å². The number of benzene rings is 2. The summed E-state index contributed by atoms with van der Waals surface area (Å²) in [6, 6.07) is 6.79. The van der Waals surface area contributed by atoms with Crippen LogP contribution in [-0.4, -0.2) is 45.4 Å². The van der Waals surface area contributed by atoms with Gasteiger partial charge in [0.15, 0.2) is 0 Å². The molecule has 0 bridgehead atoms. The van der Waals surface area contributed by atoms with Gasteiger partial charge in [-0.3, -0.25) is 19.3 Å². The maximum atomic E-state index is 14.0. The number of hydrogen-bond donors (Lipinski definition) is 2. The Labute approximate surface area is 213 Å². The fourth-order valence-corrected chi connectivity index (χ4v) is 7.91. The Morgan fingerprint density at radius 2 is 1.59 bits per heavy atom. The Morgan fingerprint density at radius 1 is 0.912 bits per heavy atom. The number of hydrogen-bond acceptors (Lipinski definition) is 5. The zero-order valence-corrected chi connectivity index (χ0v) is 20.2. The summed E-state index contributed by atoms with van der Waals surface area (Å²) in [5.41, 5.74) is -1.45. The van der Waals surface area contributed by atoms with Gasteiger partial charge in [0.05, 0.1) is 33.8 Å². The van der Waals surface area contributed by atoms with Gasteiger partial charge >= 0.3 is 0 Å². The molecule has 0 radical (unpaired) electrons. The summed E-state index contributed by atoms with van der Waals surface area (Å²) in [6.45, 7) is 0. The zero-order chi connectivity index (χ0) is 23.9. The van der Waals surface area contributed by atoms with Crippen LogP contribution in [-0.2, 0) is 19.9 Å². The lowest BCUT2D eigenvalue weighted by atomic mass is 9.75. The summed E-state index contributed by atoms with van der Waals surface area (Å²) >= 11 is 25.1. The zero-order valence-electron chi connectivity index (χ0n) is 17.2. The molecule has 4 fully saturated rings. The van der Waals surface area contributed by atoms with E-state index in [-0.39, 0.29) is 26.8 Å². The van der Waals surface area contributed by atoms with Crippen LogP contribution >= 0.6 is 46.4 Å². The molecule has 4 heterocycles. The van der Waals surface area contributed by atoms with Crippen LogP contribution < -0.4 is 10.2 Å². The van der Waals surface area contributed by atoms with Crippen molar-refractivity contribution in [3.63, 3.8) is 0 Å². The van der Waals surface area contributed by atoms with Gasteiger partial charge in [-0.2, -0.15) is 0 Å². The average molecular weight is 539 g/mol. The fraction of sp³-hybridized carbons (Fsp3) is 0.348. The molecule has 11 heteroatoms. The van der Waals surface area contributed by atoms with Crippen molar-refractivity contribution in [2.45, 2.75) is 36.1 Å². The van der Waals surface area contributed by atoms with Crippen LogP contribution in [0.25, 0.3) is 0 Å². The second kappa shape index (κ2) is 6.46. The molecule has 1 spiro atoms. The second-order valence-electron chi connectivity index (χ2n) is 9.68. The van der Waals surface area contributed by atoms with Crippen molar-refractivity contribution < 1.29 is 19.5 Å². The fourth-order valence-electron chi connectivity index (χ4n) is 6.85. The number of rotatable bonds is 1. The molecule has 2 N–H and O–H groups in total. The van der Waals surface area contributed by atoms with E-state index >= 15 is 0 Å². The lowest BCUT2D eigenvalue weighted by Crippen LogP contribution is -2.55. The van der Waals surface area contributed by atoms with Gasteiger partial charge in [-0.05, 0) is 43.2 Å². The smallest absolute Gasteiger partial charge is 0.250 e. The van der Waals surface area contributed by atoms with Crippen LogP contribution in [0, 0.1) is 11.8 Å². The Bertz CT molecular complexity index is 1360. The molecular weight excluding hydrogens is 524 g/mol. The van der Waals surface area contributed by atoms with Gasteiger partial charge in [0.2, 0.25) is 11.8 Å². The van der Waals surface area contributed by atoms with Gasteiger partial charge in [0.25, 0.3) is 5.91 Å². The first-order valence-corrected chi connectivity index (χ1v) is 12.2. The monoisotopic (exact) mass is 537 g/mol. The number of piperidine rings is 1. The molecule has 1 aliphatic carbocycles. The number of imide groups is 1. The molecule has 6 atom stereocenters. The third-order valence-electron chi connectivity index (χ3n) is 8.04. The summed E-state index contributed by atoms with van der Waals surface area (Å²) in [7, 11) is 0. The van der Waals surface area contributed by atoms with Gasteiger partial charge in [-0.15, -0.1) is 0 Å². The summed E-state index contributed by atoms with van der Waals surface area (Å²) < 4.78 is 0. The first-order valence-electron chi connectivity index (χ1n) is 10.7. The Balaban J connectivity index is 1.47. The summed E-state index contributed by atoms with van der Waals surface area (Å²) in [5.74, 6) is -3.28. The minimum atomic E-state index is -1.52. The van der Waals surface area contributed by atoms with Crippen LogP contribution in [0.2, 0.25) is 20.1 Å². The van der Waals surface area contributed by atoms with Gasteiger partial charge in [-0.1, -0.05) is 46.4 Å². The number of nitrogens with zero attached hydrogens (tertiary/aromatic N) is 2. The molecule has 5 unspecified atom stereocenters. The Kier molecular flexibility index (Phi) is 4.07. The largest absolute Gasteiger partial charge is 0.388 e. The molecule has 34 heavy (non-hydrogen) atoms. The van der Waals surface area contributed by atoms with Crippen LogP contribution in [0.1, 0.15) is 18.4 Å². The molecule has 0 aromatic heterocycles. The van der Waals surface area contributed by atoms with E-state index < -0.39 is 46.7 Å². The van der Waals surface area contributed by atoms with Crippen molar-refractivity contribution in [2.24, 2.45) is 11.8 Å². The van der Waals surface area contributed by atoms with E-state index in [0.717, 1.165) is 4.90 Å². The lowest BCUT2D eigenvalue weighted by Gasteiger charge is -2.37. The third-order valence-corrected chi connectivity index (χ3v) is 8.99. The predicted molar refractivity (Wildman–Crippen MR) is 126 cm³/mol. The van der Waals surface area contributed by atoms with Crippen molar-refractivity contribution in [1.82, 2.24) is 4.90 Å². The van der Waals surface area contributed by atoms with E-state index in [4.69, 9.17) is 46.4 Å². The van der Waals surface area contributed by atoms with Crippen molar-refractivity contribution in [3.8, 4) is 0 Å². The number of aliphatic hydroxyl groups is 1. The van der Waals surface area contributed by atoms with Gasteiger partial charge in [0, 0.05) is 32.7 Å². The average Bonchev–Trinajstić information content (AvgIpc) is 2.98. The topological polar surface area (TPSA) is 90.0 Å². The maximum absolute atomic E-state index is 14.0. The summed E-state index contributed by atoms with van der Waals surface area (Å²) in [5, 5.41) is 14.9. The Morgan fingerprint density at radius 3 is 2.29 bits per heavy atom. The highest BCUT2D eigenvalue weighted by Crippen LogP contribution is 2.69. The number of carbonyl (C=O) groups excluding carboxylic acids is 3. The van der Waals surface area contributed by atoms with Gasteiger partial charge in [0.1, 0.15) is 5.54 Å². The number of carbonyl (C=O) groups is 3. The first kappa shape index (κ1) is 21.4. The summed E-state index contributed by atoms with van der Waals surface area (Å²) in [6.07, 6.45) is 0.762. The molecule has 2 aromatic carbocycles. The predicted octanol–water partition coefficient (Wildman–Crippen LogP) is 3.84. The number of halogens is 4. The molecular formula is C23H15Cl4N3O4. The number of fused-ring (bicyclic) bond motifs is 9. The highest BCUT2D eigenvalue weighted by molar-refractivity contribution is 6.38. The van der Waals surface area contributed by atoms with Crippen LogP contribution in [0.4, 0.5) is 11.4 Å². The molecule has 4 aliphatic heterocycles. The normalized spacial score (nSPS) is 37.2. The molecule has 7 rings (SSSR count). The maximum Gasteiger partial charge on any atom is 0.250 e. The number of anilines is 2. The van der Waals surface area contributed by atoms with E-state index in [0.29, 0.717) is 29.1 Å². The highest BCUT2D eigenvalue weighted by atomic mass is 35.5.